The van der Waals surface area contributed by atoms with E-state index in [1.165, 1.54) is 25.0 Å². The van der Waals surface area contributed by atoms with Crippen LogP contribution in [0.3, 0.4) is 0 Å². The van der Waals surface area contributed by atoms with Gasteiger partial charge in [-0.1, -0.05) is 0 Å². The van der Waals surface area contributed by atoms with Crippen LogP contribution in [0.25, 0.3) is 0 Å². The Kier molecular flexibility index (Phi) is 3.35. The highest BCUT2D eigenvalue weighted by Gasteiger charge is 2.30. The number of guanidine groups is 1. The summed E-state index contributed by atoms with van der Waals surface area (Å²) < 4.78 is 39.3. The van der Waals surface area contributed by atoms with Crippen LogP contribution < -0.4 is 10.0 Å². The number of hydrogen-bond acceptors (Lipinski definition) is 5. The van der Waals surface area contributed by atoms with Crippen LogP contribution in [-0.4, -0.2) is 38.7 Å². The second kappa shape index (κ2) is 5.02. The molecule has 108 valence electrons. The predicted molar refractivity (Wildman–Crippen MR) is 71.9 cm³/mol. The molecule has 0 atom stereocenters. The van der Waals surface area contributed by atoms with Crippen molar-refractivity contribution in [3.63, 3.8) is 0 Å². The second-order valence-corrected chi connectivity index (χ2v) is 6.54. The van der Waals surface area contributed by atoms with E-state index in [0.717, 1.165) is 12.1 Å². The molecule has 0 aromatic heterocycles. The normalized spacial score (nSPS) is 20.1. The van der Waals surface area contributed by atoms with Gasteiger partial charge in [0.15, 0.2) is 0 Å². The average Bonchev–Trinajstić information content (AvgIpc) is 3.24. The molecule has 0 unspecified atom stereocenters. The lowest BCUT2D eigenvalue weighted by Crippen LogP contribution is -2.50. The third-order valence-corrected chi connectivity index (χ3v) is 4.63. The van der Waals surface area contributed by atoms with Crippen LogP contribution in [0, 0.1) is 5.82 Å². The molecule has 1 aromatic rings. The fraction of sp³-hybridized carbons (Fsp3) is 0.417. The molecule has 1 aliphatic carbocycles. The maximum absolute atomic E-state index is 12.8. The first-order chi connectivity index (χ1) is 9.54. The SMILES string of the molecule is O=S(=O)(NC1=NCN(C2CC2)CN1)c1ccc(F)cc1. The molecule has 6 nitrogen and oxygen atoms in total. The van der Waals surface area contributed by atoms with Gasteiger partial charge in [-0.2, -0.15) is 0 Å². The van der Waals surface area contributed by atoms with E-state index in [-0.39, 0.29) is 10.9 Å². The minimum Gasteiger partial charge on any atom is -0.343 e. The zero-order valence-electron chi connectivity index (χ0n) is 10.7. The summed E-state index contributed by atoms with van der Waals surface area (Å²) in [5.41, 5.74) is 0. The first-order valence-corrected chi connectivity index (χ1v) is 7.84. The standard InChI is InChI=1S/C12H15FN4O2S/c13-9-1-5-11(6-2-9)20(18,19)16-12-14-7-17(8-15-12)10-3-4-10/h1-2,5-6,10H,3-4,7-8H2,(H2,14,15,16). The van der Waals surface area contributed by atoms with E-state index in [2.05, 4.69) is 19.9 Å². The summed E-state index contributed by atoms with van der Waals surface area (Å²) >= 11 is 0. The van der Waals surface area contributed by atoms with Crippen molar-refractivity contribution in [3.05, 3.63) is 30.1 Å². The Morgan fingerprint density at radius 1 is 1.30 bits per heavy atom. The highest BCUT2D eigenvalue weighted by Crippen LogP contribution is 2.26. The van der Waals surface area contributed by atoms with Gasteiger partial charge in [0.2, 0.25) is 5.96 Å². The van der Waals surface area contributed by atoms with E-state index >= 15 is 0 Å². The molecule has 1 aromatic carbocycles. The lowest BCUT2D eigenvalue weighted by atomic mass is 10.4. The lowest BCUT2D eigenvalue weighted by Gasteiger charge is -2.26. The lowest BCUT2D eigenvalue weighted by molar-refractivity contribution is 0.253. The maximum Gasteiger partial charge on any atom is 0.264 e. The van der Waals surface area contributed by atoms with E-state index in [4.69, 9.17) is 0 Å². The minimum absolute atomic E-state index is 0.00743. The van der Waals surface area contributed by atoms with Crippen molar-refractivity contribution in [1.82, 2.24) is 14.9 Å². The van der Waals surface area contributed by atoms with Crippen LogP contribution in [-0.2, 0) is 10.0 Å². The van der Waals surface area contributed by atoms with Crippen molar-refractivity contribution in [1.29, 1.82) is 0 Å². The highest BCUT2D eigenvalue weighted by molar-refractivity contribution is 7.90. The predicted octanol–water partition coefficient (Wildman–Crippen LogP) is 0.443. The van der Waals surface area contributed by atoms with Gasteiger partial charge >= 0.3 is 0 Å². The highest BCUT2D eigenvalue weighted by atomic mass is 32.2. The van der Waals surface area contributed by atoms with Crippen molar-refractivity contribution >= 4 is 16.0 Å². The average molecular weight is 298 g/mol. The number of nitrogens with zero attached hydrogens (tertiary/aromatic N) is 2. The Morgan fingerprint density at radius 3 is 2.55 bits per heavy atom. The molecule has 0 saturated heterocycles. The summed E-state index contributed by atoms with van der Waals surface area (Å²) in [6, 6.07) is 5.23. The fourth-order valence-electron chi connectivity index (χ4n) is 2.00. The molecule has 0 bridgehead atoms. The molecule has 0 spiro atoms. The summed E-state index contributed by atoms with van der Waals surface area (Å²) in [6.07, 6.45) is 2.35. The molecule has 1 saturated carbocycles. The van der Waals surface area contributed by atoms with Crippen LogP contribution >= 0.6 is 0 Å². The van der Waals surface area contributed by atoms with E-state index in [1.807, 2.05) is 0 Å². The molecule has 20 heavy (non-hydrogen) atoms. The van der Waals surface area contributed by atoms with Crippen LogP contribution in [0.5, 0.6) is 0 Å². The summed E-state index contributed by atoms with van der Waals surface area (Å²) in [5, 5.41) is 2.94. The van der Waals surface area contributed by atoms with Crippen LogP contribution in [0.1, 0.15) is 12.8 Å². The van der Waals surface area contributed by atoms with Gasteiger partial charge in [0.25, 0.3) is 10.0 Å². The topological polar surface area (TPSA) is 73.8 Å². The molecule has 2 aliphatic rings. The largest absolute Gasteiger partial charge is 0.343 e. The zero-order valence-corrected chi connectivity index (χ0v) is 11.5. The Balaban J connectivity index is 1.68. The van der Waals surface area contributed by atoms with Gasteiger partial charge < -0.3 is 5.32 Å². The summed E-state index contributed by atoms with van der Waals surface area (Å²) in [4.78, 5) is 6.32. The summed E-state index contributed by atoms with van der Waals surface area (Å²) in [5.74, 6) is -0.247. The quantitative estimate of drug-likeness (QED) is 0.849. The van der Waals surface area contributed by atoms with E-state index in [1.54, 1.807) is 0 Å². The molecular formula is C12H15FN4O2S. The summed E-state index contributed by atoms with van der Waals surface area (Å²) in [6.45, 7) is 1.06. The van der Waals surface area contributed by atoms with Crippen molar-refractivity contribution in [2.24, 2.45) is 4.99 Å². The van der Waals surface area contributed by atoms with Gasteiger partial charge in [0.1, 0.15) is 5.82 Å². The first-order valence-electron chi connectivity index (χ1n) is 6.35. The minimum atomic E-state index is -3.73. The molecule has 0 radical (unpaired) electrons. The Morgan fingerprint density at radius 2 is 2.00 bits per heavy atom. The Labute approximate surface area is 116 Å². The Hall–Kier alpha value is -1.67. The van der Waals surface area contributed by atoms with Crippen molar-refractivity contribution in [2.75, 3.05) is 13.3 Å². The molecule has 1 fully saturated rings. The smallest absolute Gasteiger partial charge is 0.264 e. The summed E-state index contributed by atoms with van der Waals surface area (Å²) in [7, 11) is -3.73. The molecule has 2 N–H and O–H groups in total. The van der Waals surface area contributed by atoms with Crippen LogP contribution in [0.2, 0.25) is 0 Å². The molecule has 1 aliphatic heterocycles. The van der Waals surface area contributed by atoms with Crippen LogP contribution in [0.15, 0.2) is 34.2 Å². The van der Waals surface area contributed by atoms with Crippen molar-refractivity contribution in [2.45, 2.75) is 23.8 Å². The molecule has 8 heteroatoms. The maximum atomic E-state index is 12.8. The Bertz CT molecular complexity index is 625. The number of halogens is 1. The van der Waals surface area contributed by atoms with Gasteiger partial charge in [0, 0.05) is 6.04 Å². The zero-order chi connectivity index (χ0) is 14.2. The van der Waals surface area contributed by atoms with Crippen LogP contribution in [0.4, 0.5) is 4.39 Å². The van der Waals surface area contributed by atoms with E-state index in [0.29, 0.717) is 19.4 Å². The molecular weight excluding hydrogens is 283 g/mol. The number of benzene rings is 1. The number of hydrogen-bond donors (Lipinski definition) is 2. The molecule has 3 rings (SSSR count). The van der Waals surface area contributed by atoms with Gasteiger partial charge in [0.05, 0.1) is 18.2 Å². The van der Waals surface area contributed by atoms with Gasteiger partial charge in [-0.15, -0.1) is 0 Å². The van der Waals surface area contributed by atoms with Gasteiger partial charge in [-0.3, -0.25) is 4.90 Å². The third-order valence-electron chi connectivity index (χ3n) is 3.28. The van der Waals surface area contributed by atoms with Crippen molar-refractivity contribution in [3.8, 4) is 0 Å². The van der Waals surface area contributed by atoms with E-state index < -0.39 is 15.8 Å². The first kappa shape index (κ1) is 13.3. The number of nitrogens with one attached hydrogen (secondary N) is 2. The monoisotopic (exact) mass is 298 g/mol. The number of aliphatic imine (C=N–C) groups is 1. The molecule has 0 amide bonds. The number of rotatable bonds is 3. The number of sulfonamides is 1. The van der Waals surface area contributed by atoms with Gasteiger partial charge in [-0.05, 0) is 37.1 Å². The second-order valence-electron chi connectivity index (χ2n) is 4.86. The third kappa shape index (κ3) is 2.91. The van der Waals surface area contributed by atoms with Gasteiger partial charge in [-0.25, -0.2) is 22.5 Å². The molecule has 1 heterocycles. The fourth-order valence-corrected chi connectivity index (χ4v) is 3.00. The van der Waals surface area contributed by atoms with Crippen molar-refractivity contribution < 1.29 is 12.8 Å². The van der Waals surface area contributed by atoms with E-state index in [9.17, 15) is 12.8 Å².